The van der Waals surface area contributed by atoms with E-state index in [0.717, 1.165) is 11.1 Å². The number of carbonyl (C=O) groups excluding carboxylic acids is 1. The third kappa shape index (κ3) is 7.41. The molecular formula is C20H26O3. The number of hydrogen-bond acceptors (Lipinski definition) is 2. The average molecular weight is 314 g/mol. The van der Waals surface area contributed by atoms with Gasteiger partial charge in [0.05, 0.1) is 6.42 Å². The third-order valence-electron chi connectivity index (χ3n) is 2.88. The normalized spacial score (nSPS) is 8.87. The molecule has 0 unspecified atom stereocenters. The standard InChI is InChI=1S/C16H14O3.2C2H6/c17-15(10-11-16(18)19)14-8-6-13(7-9-14)12-4-2-1-3-5-12;2*1-2/h1-9H,10-11H2,(H,18,19);2*1-2H3. The Bertz CT molecular complexity index is 572. The van der Waals surface area contributed by atoms with Crippen LogP contribution < -0.4 is 0 Å². The van der Waals surface area contributed by atoms with Crippen molar-refractivity contribution < 1.29 is 14.7 Å². The fraction of sp³-hybridized carbons (Fsp3) is 0.300. The molecule has 2 aromatic rings. The fourth-order valence-corrected chi connectivity index (χ4v) is 1.84. The summed E-state index contributed by atoms with van der Waals surface area (Å²) < 4.78 is 0. The van der Waals surface area contributed by atoms with Crippen LogP contribution >= 0.6 is 0 Å². The molecule has 2 aromatic carbocycles. The number of Topliss-reactive ketones (excluding diaryl/α,β-unsaturated/α-hetero) is 1. The number of hydrogen-bond donors (Lipinski definition) is 1. The van der Waals surface area contributed by atoms with Crippen LogP contribution in [0.15, 0.2) is 54.6 Å². The van der Waals surface area contributed by atoms with E-state index in [1.807, 2.05) is 70.2 Å². The summed E-state index contributed by atoms with van der Waals surface area (Å²) in [5.41, 5.74) is 2.68. The van der Waals surface area contributed by atoms with E-state index in [0.29, 0.717) is 5.56 Å². The minimum atomic E-state index is -0.950. The summed E-state index contributed by atoms with van der Waals surface area (Å²) in [6.07, 6.45) is -0.0840. The molecule has 0 saturated heterocycles. The molecule has 0 aliphatic heterocycles. The van der Waals surface area contributed by atoms with E-state index in [1.54, 1.807) is 12.1 Å². The Labute approximate surface area is 139 Å². The summed E-state index contributed by atoms with van der Waals surface area (Å²) in [6, 6.07) is 17.1. The molecule has 0 radical (unpaired) electrons. The fourth-order valence-electron chi connectivity index (χ4n) is 1.84. The van der Waals surface area contributed by atoms with E-state index in [1.165, 1.54) is 0 Å². The lowest BCUT2D eigenvalue weighted by Gasteiger charge is -2.03. The Morgan fingerprint density at radius 1 is 0.739 bits per heavy atom. The van der Waals surface area contributed by atoms with Crippen LogP contribution in [0.2, 0.25) is 0 Å². The number of carbonyl (C=O) groups is 2. The molecule has 0 amide bonds. The Kier molecular flexibility index (Phi) is 10.9. The molecule has 0 spiro atoms. The van der Waals surface area contributed by atoms with Crippen LogP contribution in [0.25, 0.3) is 11.1 Å². The molecule has 0 aliphatic rings. The maximum atomic E-state index is 11.7. The van der Waals surface area contributed by atoms with Crippen molar-refractivity contribution in [1.82, 2.24) is 0 Å². The predicted molar refractivity (Wildman–Crippen MR) is 95.8 cm³/mol. The summed E-state index contributed by atoms with van der Waals surface area (Å²) in [4.78, 5) is 22.2. The van der Waals surface area contributed by atoms with Crippen molar-refractivity contribution in [1.29, 1.82) is 0 Å². The third-order valence-corrected chi connectivity index (χ3v) is 2.88. The average Bonchev–Trinajstić information content (AvgIpc) is 2.64. The van der Waals surface area contributed by atoms with Crippen LogP contribution in [0.4, 0.5) is 0 Å². The van der Waals surface area contributed by atoms with Gasteiger partial charge in [-0.2, -0.15) is 0 Å². The number of aliphatic carboxylic acids is 1. The van der Waals surface area contributed by atoms with Gasteiger partial charge in [-0.15, -0.1) is 0 Å². The summed E-state index contributed by atoms with van der Waals surface area (Å²) in [5.74, 6) is -1.09. The zero-order valence-electron chi connectivity index (χ0n) is 14.4. The van der Waals surface area contributed by atoms with Crippen molar-refractivity contribution in [2.24, 2.45) is 0 Å². The molecule has 0 atom stereocenters. The second kappa shape index (κ2) is 12.2. The topological polar surface area (TPSA) is 54.4 Å². The van der Waals surface area contributed by atoms with E-state index >= 15 is 0 Å². The van der Waals surface area contributed by atoms with Gasteiger partial charge in [0.25, 0.3) is 0 Å². The molecule has 0 heterocycles. The molecular weight excluding hydrogens is 288 g/mol. The summed E-state index contributed by atoms with van der Waals surface area (Å²) in [6.45, 7) is 8.00. The van der Waals surface area contributed by atoms with Gasteiger partial charge < -0.3 is 5.11 Å². The molecule has 0 aromatic heterocycles. The van der Waals surface area contributed by atoms with Gasteiger partial charge in [-0.25, -0.2) is 0 Å². The first-order chi connectivity index (χ1) is 11.2. The van der Waals surface area contributed by atoms with Crippen LogP contribution in [-0.4, -0.2) is 16.9 Å². The molecule has 0 saturated carbocycles. The SMILES string of the molecule is CC.CC.O=C(O)CCC(=O)c1ccc(-c2ccccc2)cc1. The first kappa shape index (κ1) is 20.6. The largest absolute Gasteiger partial charge is 0.481 e. The van der Waals surface area contributed by atoms with Gasteiger partial charge in [-0.1, -0.05) is 82.3 Å². The summed E-state index contributed by atoms with van der Waals surface area (Å²) >= 11 is 0. The van der Waals surface area contributed by atoms with Crippen LogP contribution in [0.1, 0.15) is 50.9 Å². The van der Waals surface area contributed by atoms with Crippen LogP contribution in [0.5, 0.6) is 0 Å². The van der Waals surface area contributed by atoms with Gasteiger partial charge >= 0.3 is 5.97 Å². The van der Waals surface area contributed by atoms with Crippen molar-refractivity contribution in [2.45, 2.75) is 40.5 Å². The van der Waals surface area contributed by atoms with Crippen molar-refractivity contribution in [3.8, 4) is 11.1 Å². The first-order valence-electron chi connectivity index (χ1n) is 8.07. The highest BCUT2D eigenvalue weighted by Crippen LogP contribution is 2.19. The molecule has 23 heavy (non-hydrogen) atoms. The lowest BCUT2D eigenvalue weighted by Crippen LogP contribution is -2.03. The Balaban J connectivity index is 0.00000112. The maximum absolute atomic E-state index is 11.7. The lowest BCUT2D eigenvalue weighted by molar-refractivity contribution is -0.136. The van der Waals surface area contributed by atoms with Crippen LogP contribution in [0.3, 0.4) is 0 Å². The molecule has 3 nitrogen and oxygen atoms in total. The molecule has 0 bridgehead atoms. The summed E-state index contributed by atoms with van der Waals surface area (Å²) in [7, 11) is 0. The number of carboxylic acid groups (broad SMARTS) is 1. The second-order valence-electron chi connectivity index (χ2n) is 4.26. The lowest BCUT2D eigenvalue weighted by atomic mass is 10.0. The number of ketones is 1. The number of benzene rings is 2. The Morgan fingerprint density at radius 3 is 1.70 bits per heavy atom. The zero-order valence-corrected chi connectivity index (χ0v) is 14.4. The van der Waals surface area contributed by atoms with E-state index in [2.05, 4.69) is 0 Å². The highest BCUT2D eigenvalue weighted by atomic mass is 16.4. The van der Waals surface area contributed by atoms with E-state index in [-0.39, 0.29) is 18.6 Å². The Morgan fingerprint density at radius 2 is 1.22 bits per heavy atom. The van der Waals surface area contributed by atoms with Gasteiger partial charge in [-0.05, 0) is 11.1 Å². The molecule has 1 N–H and O–H groups in total. The van der Waals surface area contributed by atoms with Gasteiger partial charge in [0.15, 0.2) is 5.78 Å². The Hall–Kier alpha value is -2.42. The van der Waals surface area contributed by atoms with Crippen molar-refractivity contribution in [3.05, 3.63) is 60.2 Å². The maximum Gasteiger partial charge on any atom is 0.303 e. The van der Waals surface area contributed by atoms with Gasteiger partial charge in [0.1, 0.15) is 0 Å². The highest BCUT2D eigenvalue weighted by molar-refractivity contribution is 5.97. The second-order valence-corrected chi connectivity index (χ2v) is 4.26. The van der Waals surface area contributed by atoms with E-state index in [9.17, 15) is 9.59 Å². The van der Waals surface area contributed by atoms with Gasteiger partial charge in [0.2, 0.25) is 0 Å². The summed E-state index contributed by atoms with van der Waals surface area (Å²) in [5, 5.41) is 8.55. The smallest absolute Gasteiger partial charge is 0.303 e. The molecule has 2 rings (SSSR count). The molecule has 0 fully saturated rings. The van der Waals surface area contributed by atoms with Crippen molar-refractivity contribution in [3.63, 3.8) is 0 Å². The quantitative estimate of drug-likeness (QED) is 0.746. The minimum absolute atomic E-state index is 0.0417. The zero-order chi connectivity index (χ0) is 17.7. The molecule has 0 aliphatic carbocycles. The minimum Gasteiger partial charge on any atom is -0.481 e. The molecule has 124 valence electrons. The van der Waals surface area contributed by atoms with Crippen molar-refractivity contribution in [2.75, 3.05) is 0 Å². The van der Waals surface area contributed by atoms with Gasteiger partial charge in [-0.3, -0.25) is 9.59 Å². The van der Waals surface area contributed by atoms with E-state index < -0.39 is 5.97 Å². The number of carboxylic acids is 1. The van der Waals surface area contributed by atoms with Crippen molar-refractivity contribution >= 4 is 11.8 Å². The van der Waals surface area contributed by atoms with Crippen LogP contribution in [0, 0.1) is 0 Å². The monoisotopic (exact) mass is 314 g/mol. The predicted octanol–water partition coefficient (Wildman–Crippen LogP) is 5.45. The van der Waals surface area contributed by atoms with Crippen LogP contribution in [-0.2, 0) is 4.79 Å². The molecule has 3 heteroatoms. The highest BCUT2D eigenvalue weighted by Gasteiger charge is 2.08. The number of rotatable bonds is 5. The van der Waals surface area contributed by atoms with Gasteiger partial charge in [0, 0.05) is 12.0 Å². The first-order valence-corrected chi connectivity index (χ1v) is 8.07. The van der Waals surface area contributed by atoms with E-state index in [4.69, 9.17) is 5.11 Å².